The number of aryl methyl sites for hydroxylation is 2. The van der Waals surface area contributed by atoms with Crippen molar-refractivity contribution in [2.45, 2.75) is 25.2 Å². The summed E-state index contributed by atoms with van der Waals surface area (Å²) in [5, 5.41) is 10.6. The number of primary sulfonamides is 1. The molecule has 4 N–H and O–H groups in total. The van der Waals surface area contributed by atoms with Crippen molar-refractivity contribution in [1.29, 1.82) is 0 Å². The smallest absolute Gasteiger partial charge is 0.319 e. The number of aromatic nitrogens is 2. The third-order valence-corrected chi connectivity index (χ3v) is 5.21. The highest BCUT2D eigenvalue weighted by Gasteiger charge is 2.08. The number of hydrogen-bond donors (Lipinski definition) is 3. The van der Waals surface area contributed by atoms with Gasteiger partial charge in [0.15, 0.2) is 0 Å². The highest BCUT2D eigenvalue weighted by Crippen LogP contribution is 2.17. The Balaban J connectivity index is 1.55. The number of urea groups is 1. The molecule has 0 aliphatic heterocycles. The molecule has 9 heteroatoms. The lowest BCUT2D eigenvalue weighted by atomic mass is 10.1. The summed E-state index contributed by atoms with van der Waals surface area (Å²) in [6.07, 6.45) is 0.556. The average Bonchev–Trinajstić information content (AvgIpc) is 2.62. The molecule has 0 aliphatic rings. The second kappa shape index (κ2) is 7.91. The van der Waals surface area contributed by atoms with E-state index in [2.05, 4.69) is 20.6 Å². The first-order chi connectivity index (χ1) is 13.2. The van der Waals surface area contributed by atoms with Crippen molar-refractivity contribution in [3.8, 4) is 0 Å². The zero-order chi connectivity index (χ0) is 20.3. The van der Waals surface area contributed by atoms with Gasteiger partial charge >= 0.3 is 6.03 Å². The maximum absolute atomic E-state index is 12.1. The zero-order valence-corrected chi connectivity index (χ0v) is 16.4. The molecule has 1 heterocycles. The molecule has 1 aromatic heterocycles. The van der Waals surface area contributed by atoms with Gasteiger partial charge in [-0.15, -0.1) is 0 Å². The van der Waals surface area contributed by atoms with Crippen LogP contribution in [0, 0.1) is 13.8 Å². The minimum absolute atomic E-state index is 0.0618. The SMILES string of the molecule is Cc1nc2ccc(NC(=O)NCCc3ccc(S(N)(=O)=O)cc3)cc2nc1C. The summed E-state index contributed by atoms with van der Waals surface area (Å²) in [6, 6.07) is 11.3. The number of anilines is 1. The standard InChI is InChI=1S/C19H21N5O3S/c1-12-13(2)23-18-11-15(5-8-17(18)22-12)24-19(25)21-10-9-14-3-6-16(7-4-14)28(20,26)27/h3-8,11H,9-10H2,1-2H3,(H2,20,26,27)(H2,21,24,25). The minimum Gasteiger partial charge on any atom is -0.338 e. The molecule has 0 spiro atoms. The Morgan fingerprint density at radius 3 is 2.29 bits per heavy atom. The number of benzene rings is 2. The Morgan fingerprint density at radius 2 is 1.64 bits per heavy atom. The highest BCUT2D eigenvalue weighted by molar-refractivity contribution is 7.89. The molecule has 2 aromatic carbocycles. The van der Waals surface area contributed by atoms with Crippen LogP contribution in [0.25, 0.3) is 11.0 Å². The summed E-state index contributed by atoms with van der Waals surface area (Å²) >= 11 is 0. The van der Waals surface area contributed by atoms with Crippen molar-refractivity contribution < 1.29 is 13.2 Å². The van der Waals surface area contributed by atoms with Crippen LogP contribution >= 0.6 is 0 Å². The van der Waals surface area contributed by atoms with Crippen LogP contribution in [-0.2, 0) is 16.4 Å². The maximum atomic E-state index is 12.1. The number of carbonyl (C=O) groups excluding carboxylic acids is 1. The summed E-state index contributed by atoms with van der Waals surface area (Å²) in [7, 11) is -3.70. The molecule has 3 rings (SSSR count). The first-order valence-electron chi connectivity index (χ1n) is 8.64. The maximum Gasteiger partial charge on any atom is 0.319 e. The van der Waals surface area contributed by atoms with E-state index in [0.717, 1.165) is 28.0 Å². The van der Waals surface area contributed by atoms with Gasteiger partial charge in [0.1, 0.15) is 0 Å². The average molecular weight is 399 g/mol. The third kappa shape index (κ3) is 4.81. The van der Waals surface area contributed by atoms with E-state index in [9.17, 15) is 13.2 Å². The number of amides is 2. The van der Waals surface area contributed by atoms with Crippen LogP contribution in [0.3, 0.4) is 0 Å². The van der Waals surface area contributed by atoms with Gasteiger partial charge in [-0.3, -0.25) is 0 Å². The fourth-order valence-corrected chi connectivity index (χ4v) is 3.17. The predicted octanol–water partition coefficient (Wildman–Crippen LogP) is 2.26. The molecule has 146 valence electrons. The van der Waals surface area contributed by atoms with Crippen molar-refractivity contribution >= 4 is 32.8 Å². The Labute approximate surface area is 163 Å². The van der Waals surface area contributed by atoms with E-state index >= 15 is 0 Å². The van der Waals surface area contributed by atoms with Gasteiger partial charge in [0.05, 0.1) is 27.3 Å². The zero-order valence-electron chi connectivity index (χ0n) is 15.6. The number of nitrogens with two attached hydrogens (primary N) is 1. The normalized spacial score (nSPS) is 11.4. The number of hydrogen-bond acceptors (Lipinski definition) is 5. The first kappa shape index (κ1) is 19.7. The number of nitrogens with zero attached hydrogens (tertiary/aromatic N) is 2. The van der Waals surface area contributed by atoms with Gasteiger partial charge in [-0.25, -0.2) is 28.3 Å². The Kier molecular flexibility index (Phi) is 5.57. The van der Waals surface area contributed by atoms with Gasteiger partial charge in [-0.2, -0.15) is 0 Å². The lowest BCUT2D eigenvalue weighted by molar-refractivity contribution is 0.252. The summed E-state index contributed by atoms with van der Waals surface area (Å²) in [5.74, 6) is 0. The van der Waals surface area contributed by atoms with Crippen molar-refractivity contribution in [1.82, 2.24) is 15.3 Å². The molecule has 3 aromatic rings. The lowest BCUT2D eigenvalue weighted by Gasteiger charge is -2.09. The lowest BCUT2D eigenvalue weighted by Crippen LogP contribution is -2.30. The first-order valence-corrected chi connectivity index (χ1v) is 10.2. The summed E-state index contributed by atoms with van der Waals surface area (Å²) in [5.41, 5.74) is 4.73. The summed E-state index contributed by atoms with van der Waals surface area (Å²) in [6.45, 7) is 4.19. The number of sulfonamides is 1. The quantitative estimate of drug-likeness (QED) is 0.606. The van der Waals surface area contributed by atoms with Gasteiger partial charge in [-0.05, 0) is 56.2 Å². The molecule has 0 radical (unpaired) electrons. The van der Waals surface area contributed by atoms with Crippen molar-refractivity contribution in [3.63, 3.8) is 0 Å². The van der Waals surface area contributed by atoms with Gasteiger partial charge < -0.3 is 10.6 Å². The fourth-order valence-electron chi connectivity index (χ4n) is 2.65. The summed E-state index contributed by atoms with van der Waals surface area (Å²) in [4.78, 5) is 21.1. The molecule has 8 nitrogen and oxygen atoms in total. The molecule has 0 bridgehead atoms. The monoisotopic (exact) mass is 399 g/mol. The van der Waals surface area contributed by atoms with E-state index < -0.39 is 10.0 Å². The number of fused-ring (bicyclic) bond motifs is 1. The topological polar surface area (TPSA) is 127 Å². The van der Waals surface area contributed by atoms with Crippen LogP contribution < -0.4 is 15.8 Å². The fraction of sp³-hybridized carbons (Fsp3) is 0.211. The predicted molar refractivity (Wildman–Crippen MR) is 108 cm³/mol. The van der Waals surface area contributed by atoms with E-state index in [4.69, 9.17) is 5.14 Å². The van der Waals surface area contributed by atoms with Crippen molar-refractivity contribution in [3.05, 3.63) is 59.4 Å². The number of carbonyl (C=O) groups is 1. The van der Waals surface area contributed by atoms with Crippen LogP contribution in [0.4, 0.5) is 10.5 Å². The van der Waals surface area contributed by atoms with E-state index in [1.54, 1.807) is 24.3 Å². The molecule has 0 atom stereocenters. The van der Waals surface area contributed by atoms with Crippen LogP contribution in [-0.4, -0.2) is 31.0 Å². The van der Waals surface area contributed by atoms with E-state index in [1.807, 2.05) is 19.9 Å². The van der Waals surface area contributed by atoms with Crippen LogP contribution in [0.5, 0.6) is 0 Å². The number of nitrogens with one attached hydrogen (secondary N) is 2. The second-order valence-electron chi connectivity index (χ2n) is 6.42. The van der Waals surface area contributed by atoms with Crippen LogP contribution in [0.2, 0.25) is 0 Å². The Bertz CT molecular complexity index is 1130. The van der Waals surface area contributed by atoms with Gasteiger partial charge in [-0.1, -0.05) is 12.1 Å². The van der Waals surface area contributed by atoms with Crippen LogP contribution in [0.1, 0.15) is 17.0 Å². The van der Waals surface area contributed by atoms with Crippen molar-refractivity contribution in [2.75, 3.05) is 11.9 Å². The van der Waals surface area contributed by atoms with E-state index in [1.165, 1.54) is 12.1 Å². The molecular formula is C19H21N5O3S. The van der Waals surface area contributed by atoms with E-state index in [0.29, 0.717) is 18.7 Å². The van der Waals surface area contributed by atoms with Gasteiger partial charge in [0.25, 0.3) is 0 Å². The molecule has 0 unspecified atom stereocenters. The highest BCUT2D eigenvalue weighted by atomic mass is 32.2. The summed E-state index contributed by atoms with van der Waals surface area (Å²) < 4.78 is 22.5. The molecule has 0 aliphatic carbocycles. The van der Waals surface area contributed by atoms with Gasteiger partial charge in [0, 0.05) is 12.2 Å². The Hall–Kier alpha value is -3.04. The number of rotatable bonds is 5. The van der Waals surface area contributed by atoms with Gasteiger partial charge in [0.2, 0.25) is 10.0 Å². The molecule has 0 fully saturated rings. The molecule has 0 saturated carbocycles. The molecule has 28 heavy (non-hydrogen) atoms. The third-order valence-electron chi connectivity index (χ3n) is 4.28. The minimum atomic E-state index is -3.70. The second-order valence-corrected chi connectivity index (χ2v) is 7.98. The van der Waals surface area contributed by atoms with Crippen molar-refractivity contribution in [2.24, 2.45) is 5.14 Å². The van der Waals surface area contributed by atoms with Crippen LogP contribution in [0.15, 0.2) is 47.4 Å². The Morgan fingerprint density at radius 1 is 1.00 bits per heavy atom. The molecule has 0 saturated heterocycles. The largest absolute Gasteiger partial charge is 0.338 e. The molecule has 2 amide bonds. The molecular weight excluding hydrogens is 378 g/mol. The van der Waals surface area contributed by atoms with E-state index in [-0.39, 0.29) is 10.9 Å².